The van der Waals surface area contributed by atoms with E-state index in [1.165, 1.54) is 24.8 Å². The highest BCUT2D eigenvalue weighted by Gasteiger charge is 2.17. The second kappa shape index (κ2) is 4.66. The first-order valence-corrected chi connectivity index (χ1v) is 5.12. The Hall–Kier alpha value is -0.300. The Bertz CT molecular complexity index is 160. The van der Waals surface area contributed by atoms with E-state index in [0.29, 0.717) is 5.92 Å². The minimum absolute atomic E-state index is 0.171. The van der Waals surface area contributed by atoms with E-state index in [1.807, 2.05) is 0 Å². The Morgan fingerprint density at radius 2 is 2.25 bits per heavy atom. The molecule has 0 aliphatic heterocycles. The lowest BCUT2D eigenvalue weighted by molar-refractivity contribution is 0.143. The van der Waals surface area contributed by atoms with Gasteiger partial charge in [0.2, 0.25) is 0 Å². The molecule has 0 fully saturated rings. The van der Waals surface area contributed by atoms with Gasteiger partial charge in [0.1, 0.15) is 0 Å². The molecule has 1 aliphatic carbocycles. The van der Waals surface area contributed by atoms with E-state index < -0.39 is 0 Å². The predicted octanol–water partition coefficient (Wildman–Crippen LogP) is 2.89. The molecule has 0 bridgehead atoms. The fraction of sp³-hybridized carbons (Fsp3) is 0.818. The van der Waals surface area contributed by atoms with Crippen LogP contribution in [0.1, 0.15) is 46.0 Å². The van der Waals surface area contributed by atoms with E-state index in [0.717, 1.165) is 12.8 Å². The molecule has 1 aliphatic rings. The molecule has 0 amide bonds. The Balaban J connectivity index is 2.49. The number of hydrogen-bond donors (Lipinski definition) is 1. The third kappa shape index (κ3) is 2.34. The van der Waals surface area contributed by atoms with Crippen molar-refractivity contribution in [3.8, 4) is 0 Å². The third-order valence-corrected chi connectivity index (χ3v) is 2.89. The topological polar surface area (TPSA) is 20.2 Å². The minimum Gasteiger partial charge on any atom is -0.388 e. The van der Waals surface area contributed by atoms with Gasteiger partial charge in [0.25, 0.3) is 0 Å². The second-order valence-corrected chi connectivity index (χ2v) is 3.86. The van der Waals surface area contributed by atoms with E-state index in [2.05, 4.69) is 19.9 Å². The van der Waals surface area contributed by atoms with Crippen molar-refractivity contribution in [2.24, 2.45) is 5.92 Å². The average Bonchev–Trinajstić information content (AvgIpc) is 2.17. The Morgan fingerprint density at radius 1 is 1.50 bits per heavy atom. The molecule has 1 nitrogen and oxygen atoms in total. The summed E-state index contributed by atoms with van der Waals surface area (Å²) in [5.41, 5.74) is 1.29. The van der Waals surface area contributed by atoms with E-state index in [-0.39, 0.29) is 6.10 Å². The molecule has 2 unspecified atom stereocenters. The molecule has 0 saturated carbocycles. The monoisotopic (exact) mass is 168 g/mol. The van der Waals surface area contributed by atoms with Crippen LogP contribution in [0, 0.1) is 5.92 Å². The molecule has 0 spiro atoms. The molecule has 0 saturated heterocycles. The van der Waals surface area contributed by atoms with E-state index in [4.69, 9.17) is 0 Å². The molecule has 70 valence electrons. The van der Waals surface area contributed by atoms with Crippen molar-refractivity contribution >= 4 is 0 Å². The lowest BCUT2D eigenvalue weighted by atomic mass is 9.88. The first-order chi connectivity index (χ1) is 5.75. The Morgan fingerprint density at radius 3 is 2.75 bits per heavy atom. The van der Waals surface area contributed by atoms with Gasteiger partial charge < -0.3 is 5.11 Å². The van der Waals surface area contributed by atoms with Crippen LogP contribution in [0.5, 0.6) is 0 Å². The molecule has 0 aromatic carbocycles. The summed E-state index contributed by atoms with van der Waals surface area (Å²) in [5.74, 6) is 0.425. The number of aliphatic hydroxyl groups is 1. The van der Waals surface area contributed by atoms with Crippen molar-refractivity contribution in [2.45, 2.75) is 52.1 Å². The van der Waals surface area contributed by atoms with Gasteiger partial charge in [-0.05, 0) is 37.2 Å². The molecule has 1 rings (SSSR count). The molecule has 0 aromatic heterocycles. The molecule has 2 atom stereocenters. The number of aliphatic hydroxyl groups excluding tert-OH is 1. The van der Waals surface area contributed by atoms with Gasteiger partial charge in [0.05, 0.1) is 6.10 Å². The molecule has 1 heteroatoms. The first-order valence-electron chi connectivity index (χ1n) is 5.12. The van der Waals surface area contributed by atoms with Crippen LogP contribution in [0.15, 0.2) is 11.6 Å². The number of hydrogen-bond acceptors (Lipinski definition) is 1. The van der Waals surface area contributed by atoms with Crippen LogP contribution < -0.4 is 0 Å². The van der Waals surface area contributed by atoms with Crippen LogP contribution in [0.4, 0.5) is 0 Å². The summed E-state index contributed by atoms with van der Waals surface area (Å²) in [6.45, 7) is 4.26. The molecular formula is C11H20O. The van der Waals surface area contributed by atoms with Crippen molar-refractivity contribution in [1.82, 2.24) is 0 Å². The summed E-state index contributed by atoms with van der Waals surface area (Å²) >= 11 is 0. The zero-order chi connectivity index (χ0) is 8.97. The summed E-state index contributed by atoms with van der Waals surface area (Å²) in [7, 11) is 0. The van der Waals surface area contributed by atoms with Crippen molar-refractivity contribution in [2.75, 3.05) is 0 Å². The van der Waals surface area contributed by atoms with Crippen molar-refractivity contribution in [1.29, 1.82) is 0 Å². The van der Waals surface area contributed by atoms with Gasteiger partial charge in [-0.1, -0.05) is 26.3 Å². The highest BCUT2D eigenvalue weighted by atomic mass is 16.3. The highest BCUT2D eigenvalue weighted by molar-refractivity contribution is 5.11. The molecule has 0 heterocycles. The minimum atomic E-state index is -0.171. The molecular weight excluding hydrogens is 148 g/mol. The normalized spacial score (nSPS) is 23.1. The summed E-state index contributed by atoms with van der Waals surface area (Å²) in [6, 6.07) is 0. The Kier molecular flexibility index (Phi) is 3.80. The van der Waals surface area contributed by atoms with Gasteiger partial charge in [-0.15, -0.1) is 0 Å². The van der Waals surface area contributed by atoms with Crippen LogP contribution in [0.2, 0.25) is 0 Å². The highest BCUT2D eigenvalue weighted by Crippen LogP contribution is 2.25. The fourth-order valence-electron chi connectivity index (χ4n) is 1.72. The van der Waals surface area contributed by atoms with Crippen LogP contribution in [0.3, 0.4) is 0 Å². The van der Waals surface area contributed by atoms with Gasteiger partial charge in [-0.3, -0.25) is 0 Å². The maximum absolute atomic E-state index is 9.87. The summed E-state index contributed by atoms with van der Waals surface area (Å²) in [4.78, 5) is 0. The van der Waals surface area contributed by atoms with E-state index in [9.17, 15) is 5.11 Å². The fourth-order valence-corrected chi connectivity index (χ4v) is 1.72. The number of allylic oxidation sites excluding steroid dienone is 1. The summed E-state index contributed by atoms with van der Waals surface area (Å²) in [6.07, 6.45) is 7.98. The van der Waals surface area contributed by atoms with Crippen molar-refractivity contribution in [3.63, 3.8) is 0 Å². The Labute approximate surface area is 75.5 Å². The SMILES string of the molecule is CCC(C)C(O)C1=CCCCC1. The zero-order valence-corrected chi connectivity index (χ0v) is 8.21. The molecule has 0 radical (unpaired) electrons. The van der Waals surface area contributed by atoms with Crippen molar-refractivity contribution < 1.29 is 5.11 Å². The quantitative estimate of drug-likeness (QED) is 0.642. The maximum Gasteiger partial charge on any atom is 0.0775 e. The summed E-state index contributed by atoms with van der Waals surface area (Å²) in [5, 5.41) is 9.87. The average molecular weight is 168 g/mol. The predicted molar refractivity (Wildman–Crippen MR) is 52.0 cm³/mol. The van der Waals surface area contributed by atoms with Gasteiger partial charge in [-0.2, -0.15) is 0 Å². The summed E-state index contributed by atoms with van der Waals surface area (Å²) < 4.78 is 0. The van der Waals surface area contributed by atoms with Crippen LogP contribution in [0.25, 0.3) is 0 Å². The lowest BCUT2D eigenvalue weighted by Crippen LogP contribution is -2.20. The third-order valence-electron chi connectivity index (χ3n) is 2.89. The van der Waals surface area contributed by atoms with Gasteiger partial charge in [0.15, 0.2) is 0 Å². The largest absolute Gasteiger partial charge is 0.388 e. The van der Waals surface area contributed by atoms with Crippen molar-refractivity contribution in [3.05, 3.63) is 11.6 Å². The zero-order valence-electron chi connectivity index (χ0n) is 8.21. The smallest absolute Gasteiger partial charge is 0.0775 e. The standard InChI is InChI=1S/C11H20O/c1-3-9(2)11(12)10-7-5-4-6-8-10/h7,9,11-12H,3-6,8H2,1-2H3. The first kappa shape index (κ1) is 9.79. The van der Waals surface area contributed by atoms with Crippen LogP contribution >= 0.6 is 0 Å². The van der Waals surface area contributed by atoms with Crippen LogP contribution in [-0.4, -0.2) is 11.2 Å². The van der Waals surface area contributed by atoms with E-state index in [1.54, 1.807) is 0 Å². The van der Waals surface area contributed by atoms with Gasteiger partial charge in [0, 0.05) is 0 Å². The molecule has 0 aromatic rings. The second-order valence-electron chi connectivity index (χ2n) is 3.86. The number of rotatable bonds is 3. The van der Waals surface area contributed by atoms with Gasteiger partial charge >= 0.3 is 0 Å². The molecule has 1 N–H and O–H groups in total. The van der Waals surface area contributed by atoms with E-state index >= 15 is 0 Å². The van der Waals surface area contributed by atoms with Gasteiger partial charge in [-0.25, -0.2) is 0 Å². The van der Waals surface area contributed by atoms with Crippen LogP contribution in [-0.2, 0) is 0 Å². The molecule has 12 heavy (non-hydrogen) atoms. The maximum atomic E-state index is 9.87. The lowest BCUT2D eigenvalue weighted by Gasteiger charge is -2.23.